The van der Waals surface area contributed by atoms with Gasteiger partial charge in [0.05, 0.1) is 16.8 Å². The molecular weight excluding hydrogens is 353 g/mol. The molecule has 2 aromatic rings. The van der Waals surface area contributed by atoms with Crippen molar-refractivity contribution >= 4 is 25.2 Å². The molecular formula is C17H18N5O3P. The van der Waals surface area contributed by atoms with Gasteiger partial charge < -0.3 is 0 Å². The van der Waals surface area contributed by atoms with Gasteiger partial charge in [0.1, 0.15) is 0 Å². The fourth-order valence-electron chi connectivity index (χ4n) is 2.68. The van der Waals surface area contributed by atoms with E-state index >= 15 is 0 Å². The Bertz CT molecular complexity index is 863. The van der Waals surface area contributed by atoms with E-state index in [1.165, 1.54) is 12.1 Å². The highest BCUT2D eigenvalue weighted by atomic mass is 31.2. The highest BCUT2D eigenvalue weighted by molar-refractivity contribution is 7.61. The second kappa shape index (κ2) is 6.64. The summed E-state index contributed by atoms with van der Waals surface area (Å²) in [4.78, 5) is 10.3. The van der Waals surface area contributed by atoms with E-state index in [0.717, 1.165) is 31.9 Å². The van der Waals surface area contributed by atoms with Gasteiger partial charge in [0.25, 0.3) is 5.69 Å². The van der Waals surface area contributed by atoms with Crippen molar-refractivity contribution in [3.63, 3.8) is 0 Å². The van der Waals surface area contributed by atoms with Gasteiger partial charge in [-0.1, -0.05) is 18.2 Å². The molecule has 8 nitrogen and oxygen atoms in total. The van der Waals surface area contributed by atoms with Crippen LogP contribution < -0.4 is 4.78 Å². The normalized spacial score (nSPS) is 17.4. The van der Waals surface area contributed by atoms with E-state index in [2.05, 4.69) is 5.10 Å². The van der Waals surface area contributed by atoms with Crippen LogP contribution in [-0.4, -0.2) is 46.7 Å². The molecule has 2 fully saturated rings. The van der Waals surface area contributed by atoms with Gasteiger partial charge in [0.15, 0.2) is 0 Å². The fraction of sp³-hybridized carbons (Fsp3) is 0.235. The zero-order valence-corrected chi connectivity index (χ0v) is 14.9. The Morgan fingerprint density at radius 2 is 1.58 bits per heavy atom. The second-order valence-corrected chi connectivity index (χ2v) is 8.68. The second-order valence-electron chi connectivity index (χ2n) is 6.14. The van der Waals surface area contributed by atoms with Crippen LogP contribution in [0.2, 0.25) is 0 Å². The Hall–Kier alpha value is -2.54. The van der Waals surface area contributed by atoms with Gasteiger partial charge in [-0.15, -0.1) is 0 Å². The molecule has 2 aromatic carbocycles. The predicted molar refractivity (Wildman–Crippen MR) is 100 cm³/mol. The third-order valence-corrected chi connectivity index (χ3v) is 7.34. The molecule has 0 unspecified atom stereocenters. The van der Waals surface area contributed by atoms with Crippen molar-refractivity contribution in [2.24, 2.45) is 5.10 Å². The lowest BCUT2D eigenvalue weighted by molar-refractivity contribution is -0.384. The molecule has 0 bridgehead atoms. The first-order valence-electron chi connectivity index (χ1n) is 8.34. The van der Waals surface area contributed by atoms with E-state index in [0.29, 0.717) is 5.56 Å². The van der Waals surface area contributed by atoms with Crippen LogP contribution in [0.3, 0.4) is 0 Å². The van der Waals surface area contributed by atoms with Gasteiger partial charge in [-0.25, -0.2) is 9.34 Å². The average molecular weight is 371 g/mol. The maximum Gasteiger partial charge on any atom is 0.331 e. The van der Waals surface area contributed by atoms with E-state index in [4.69, 9.17) is 0 Å². The van der Waals surface area contributed by atoms with Crippen molar-refractivity contribution in [2.75, 3.05) is 31.0 Å². The molecule has 0 amide bonds. The van der Waals surface area contributed by atoms with E-state index in [1.54, 1.807) is 23.1 Å². The minimum Gasteiger partial charge on any atom is -0.262 e. The molecule has 4 rings (SSSR count). The number of anilines is 1. The van der Waals surface area contributed by atoms with Crippen LogP contribution in [0.15, 0.2) is 59.7 Å². The van der Waals surface area contributed by atoms with Crippen LogP contribution in [0.1, 0.15) is 5.56 Å². The minimum atomic E-state index is -2.94. The van der Waals surface area contributed by atoms with Gasteiger partial charge in [0.2, 0.25) is 0 Å². The van der Waals surface area contributed by atoms with Gasteiger partial charge in [-0.2, -0.15) is 9.88 Å². The number of hydrogen-bond acceptors (Lipinski definition) is 4. The van der Waals surface area contributed by atoms with E-state index in [1.807, 2.05) is 39.7 Å². The fourth-order valence-corrected chi connectivity index (χ4v) is 5.36. The van der Waals surface area contributed by atoms with E-state index in [9.17, 15) is 14.7 Å². The number of benzene rings is 2. The summed E-state index contributed by atoms with van der Waals surface area (Å²) in [7, 11) is -2.94. The van der Waals surface area contributed by atoms with Crippen LogP contribution in [0.5, 0.6) is 0 Å². The standard InChI is InChI=1S/C17H18N5O3P/c23-22(24)17-8-6-15(7-9-17)14-18-21(16-4-2-1-3-5-16)26(25,19-10-11-19)20-12-13-20/h1-9,14H,10-13H2/b18-14+. The number of hydrogen-bond donors (Lipinski definition) is 0. The number of non-ortho nitro benzene ring substituents is 1. The number of nitro groups is 1. The maximum atomic E-state index is 13.8. The van der Waals surface area contributed by atoms with Crippen molar-refractivity contribution in [1.29, 1.82) is 0 Å². The number of nitrogens with zero attached hydrogens (tertiary/aromatic N) is 5. The summed E-state index contributed by atoms with van der Waals surface area (Å²) in [6.45, 7) is 3.18. The number of rotatable bonds is 7. The zero-order valence-electron chi connectivity index (χ0n) is 14.0. The average Bonchev–Trinajstić information content (AvgIpc) is 3.55. The molecule has 0 N–H and O–H groups in total. The SMILES string of the molecule is O=[N+]([O-])c1ccc(/C=N/N(c2ccccc2)P(=O)(N2CC2)N2CC2)cc1. The third-order valence-electron chi connectivity index (χ3n) is 4.24. The molecule has 0 aliphatic carbocycles. The van der Waals surface area contributed by atoms with E-state index in [-0.39, 0.29) is 5.69 Å². The van der Waals surface area contributed by atoms with Gasteiger partial charge in [-0.3, -0.25) is 14.7 Å². The molecule has 0 saturated carbocycles. The Balaban J connectivity index is 1.67. The van der Waals surface area contributed by atoms with Gasteiger partial charge >= 0.3 is 7.59 Å². The lowest BCUT2D eigenvalue weighted by atomic mass is 10.2. The van der Waals surface area contributed by atoms with Crippen molar-refractivity contribution in [3.05, 3.63) is 70.3 Å². The largest absolute Gasteiger partial charge is 0.331 e. The first kappa shape index (κ1) is 16.9. The topological polar surface area (TPSA) is 81.8 Å². The van der Waals surface area contributed by atoms with Crippen LogP contribution in [0.4, 0.5) is 11.4 Å². The molecule has 0 aromatic heterocycles. The Labute approximate surface area is 151 Å². The molecule has 2 aliphatic heterocycles. The van der Waals surface area contributed by atoms with Gasteiger partial charge in [-0.05, 0) is 29.8 Å². The first-order chi connectivity index (χ1) is 12.6. The smallest absolute Gasteiger partial charge is 0.262 e. The van der Waals surface area contributed by atoms with Crippen LogP contribution >= 0.6 is 7.59 Å². The molecule has 2 saturated heterocycles. The third kappa shape index (κ3) is 3.26. The van der Waals surface area contributed by atoms with Crippen molar-refractivity contribution in [1.82, 2.24) is 9.34 Å². The molecule has 134 valence electrons. The zero-order chi connectivity index (χ0) is 18.1. The number of hydrazone groups is 1. The summed E-state index contributed by atoms with van der Waals surface area (Å²) in [6, 6.07) is 15.6. The highest BCUT2D eigenvalue weighted by Crippen LogP contribution is 2.64. The lowest BCUT2D eigenvalue weighted by Gasteiger charge is -2.30. The first-order valence-corrected chi connectivity index (χ1v) is 9.90. The number of nitro benzene ring substituents is 1. The predicted octanol–water partition coefficient (Wildman–Crippen LogP) is 3.17. The van der Waals surface area contributed by atoms with Crippen molar-refractivity contribution in [2.45, 2.75) is 0 Å². The monoisotopic (exact) mass is 371 g/mol. The molecule has 2 heterocycles. The van der Waals surface area contributed by atoms with Crippen LogP contribution in [0.25, 0.3) is 0 Å². The van der Waals surface area contributed by atoms with Crippen molar-refractivity contribution < 1.29 is 9.49 Å². The minimum absolute atomic E-state index is 0.0286. The molecule has 9 heteroatoms. The lowest BCUT2D eigenvalue weighted by Crippen LogP contribution is -2.23. The Morgan fingerprint density at radius 3 is 2.08 bits per heavy atom. The van der Waals surface area contributed by atoms with Crippen molar-refractivity contribution in [3.8, 4) is 0 Å². The van der Waals surface area contributed by atoms with Gasteiger partial charge in [0, 0.05) is 38.3 Å². The summed E-state index contributed by atoms with van der Waals surface area (Å²) in [5.41, 5.74) is 1.49. The Kier molecular flexibility index (Phi) is 4.32. The van der Waals surface area contributed by atoms with E-state index < -0.39 is 12.5 Å². The summed E-state index contributed by atoms with van der Waals surface area (Å²) >= 11 is 0. The molecule has 0 spiro atoms. The summed E-state index contributed by atoms with van der Waals surface area (Å²) < 4.78 is 19.3. The molecule has 0 radical (unpaired) electrons. The quantitative estimate of drug-likeness (QED) is 0.244. The summed E-state index contributed by atoms with van der Waals surface area (Å²) in [6.07, 6.45) is 1.59. The van der Waals surface area contributed by atoms with Crippen LogP contribution in [-0.2, 0) is 4.57 Å². The molecule has 0 atom stereocenters. The Morgan fingerprint density at radius 1 is 1.00 bits per heavy atom. The summed E-state index contributed by atoms with van der Waals surface area (Å²) in [5, 5.41) is 15.3. The molecule has 2 aliphatic rings. The molecule has 26 heavy (non-hydrogen) atoms. The maximum absolute atomic E-state index is 13.8. The number of para-hydroxylation sites is 1. The highest BCUT2D eigenvalue weighted by Gasteiger charge is 2.52. The summed E-state index contributed by atoms with van der Waals surface area (Å²) in [5.74, 6) is 0. The van der Waals surface area contributed by atoms with Crippen LogP contribution in [0, 0.1) is 10.1 Å².